The summed E-state index contributed by atoms with van der Waals surface area (Å²) in [5.74, 6) is 0.648. The lowest BCUT2D eigenvalue weighted by atomic mass is 10.0. The molecule has 0 spiro atoms. The lowest BCUT2D eigenvalue weighted by molar-refractivity contribution is -0.117. The number of nitrogens with zero attached hydrogens (tertiary/aromatic N) is 2. The second-order valence-electron chi connectivity index (χ2n) is 9.62. The van der Waals surface area contributed by atoms with Crippen LogP contribution >= 0.6 is 0 Å². The number of rotatable bonds is 8. The maximum atomic E-state index is 13.6. The zero-order valence-electron chi connectivity index (χ0n) is 20.7. The average Bonchev–Trinajstić information content (AvgIpc) is 3.62. The van der Waals surface area contributed by atoms with Crippen LogP contribution in [-0.2, 0) is 11.4 Å². The molecule has 188 valence electrons. The summed E-state index contributed by atoms with van der Waals surface area (Å²) in [6.45, 7) is 0.216. The highest BCUT2D eigenvalue weighted by Gasteiger charge is 2.63. The molecule has 6 rings (SSSR count). The predicted molar refractivity (Wildman–Crippen MR) is 148 cm³/mol. The molecule has 2 heterocycles. The van der Waals surface area contributed by atoms with Crippen LogP contribution < -0.4 is 10.1 Å². The van der Waals surface area contributed by atoms with Gasteiger partial charge in [0.1, 0.15) is 12.4 Å². The number of amides is 1. The summed E-state index contributed by atoms with van der Waals surface area (Å²) in [5, 5.41) is 14.4. The molecule has 2 aromatic carbocycles. The summed E-state index contributed by atoms with van der Waals surface area (Å²) >= 11 is 0. The summed E-state index contributed by atoms with van der Waals surface area (Å²) in [4.78, 5) is 22.4. The molecule has 38 heavy (non-hydrogen) atoms. The molecule has 2 N–H and O–H groups in total. The Balaban J connectivity index is 1.22. The second kappa shape index (κ2) is 10.1. The number of aromatic nitrogens is 2. The Morgan fingerprint density at radius 2 is 1.68 bits per heavy atom. The van der Waals surface area contributed by atoms with Crippen molar-refractivity contribution in [1.29, 1.82) is 0 Å². The number of aliphatic hydroxyl groups is 1. The average molecular weight is 502 g/mol. The molecule has 1 fully saturated rings. The minimum absolute atomic E-state index is 0.100. The standard InChI is InChI=1S/C32H27N3O3/c36-21-32(28-6-2-3-7-29(28)32)35-31(37)27(19-22-15-17-33-18-16-22)23-10-13-26(14-11-23)38-20-25-12-9-24-5-1-4-8-30(24)34-25/h1-19,28-29,36H,20-21H2,(H,35,37)/b27-19+. The van der Waals surface area contributed by atoms with E-state index in [1.54, 1.807) is 12.4 Å². The van der Waals surface area contributed by atoms with Gasteiger partial charge in [0.05, 0.1) is 23.4 Å². The van der Waals surface area contributed by atoms with Crippen LogP contribution in [0.4, 0.5) is 0 Å². The summed E-state index contributed by atoms with van der Waals surface area (Å²) < 4.78 is 5.99. The first-order valence-electron chi connectivity index (χ1n) is 12.6. The van der Waals surface area contributed by atoms with Gasteiger partial charge in [-0.2, -0.15) is 0 Å². The van der Waals surface area contributed by atoms with Crippen LogP contribution in [0, 0.1) is 11.8 Å². The van der Waals surface area contributed by atoms with Crippen LogP contribution in [0.2, 0.25) is 0 Å². The van der Waals surface area contributed by atoms with Gasteiger partial charge >= 0.3 is 0 Å². The number of ether oxygens (including phenoxy) is 1. The topological polar surface area (TPSA) is 84.3 Å². The SMILES string of the molecule is O=C(NC1(CO)C2C=CC=CC21)/C(=C/c1ccncc1)c1ccc(OCc2ccc3ccccc3n2)cc1. The molecule has 1 amide bonds. The van der Waals surface area contributed by atoms with Gasteiger partial charge in [-0.15, -0.1) is 0 Å². The number of pyridine rings is 2. The Morgan fingerprint density at radius 1 is 0.947 bits per heavy atom. The first-order chi connectivity index (χ1) is 18.7. The van der Waals surface area contributed by atoms with Crippen LogP contribution in [0.1, 0.15) is 16.8 Å². The first kappa shape index (κ1) is 23.8. The van der Waals surface area contributed by atoms with Gasteiger partial charge in [0.15, 0.2) is 0 Å². The van der Waals surface area contributed by atoms with Crippen molar-refractivity contribution in [3.8, 4) is 5.75 Å². The Labute approximate surface area is 221 Å². The van der Waals surface area contributed by atoms with Crippen molar-refractivity contribution >= 4 is 28.5 Å². The van der Waals surface area contributed by atoms with Crippen LogP contribution in [0.5, 0.6) is 5.75 Å². The van der Waals surface area contributed by atoms with Gasteiger partial charge < -0.3 is 15.2 Å². The number of carbonyl (C=O) groups excluding carboxylic acids is 1. The van der Waals surface area contributed by atoms with E-state index in [-0.39, 0.29) is 24.3 Å². The molecule has 1 saturated carbocycles. The van der Waals surface area contributed by atoms with E-state index in [0.29, 0.717) is 17.9 Å². The normalized spacial score (nSPS) is 21.7. The molecule has 2 aliphatic carbocycles. The van der Waals surface area contributed by atoms with Crippen molar-refractivity contribution in [3.05, 3.63) is 126 Å². The summed E-state index contributed by atoms with van der Waals surface area (Å²) in [6, 6.07) is 23.2. The maximum Gasteiger partial charge on any atom is 0.252 e. The van der Waals surface area contributed by atoms with Gasteiger partial charge in [-0.25, -0.2) is 4.98 Å². The number of fused-ring (bicyclic) bond motifs is 2. The quantitative estimate of drug-likeness (QED) is 0.333. The van der Waals surface area contributed by atoms with Crippen molar-refractivity contribution in [1.82, 2.24) is 15.3 Å². The highest BCUT2D eigenvalue weighted by molar-refractivity contribution is 6.24. The number of nitrogens with one attached hydrogen (secondary N) is 1. The molecule has 6 heteroatoms. The molecular formula is C32H27N3O3. The Morgan fingerprint density at radius 3 is 2.42 bits per heavy atom. The number of aliphatic hydroxyl groups excluding tert-OH is 1. The minimum atomic E-state index is -0.673. The molecule has 0 aliphatic heterocycles. The fraction of sp³-hybridized carbons (Fsp3) is 0.156. The Kier molecular flexibility index (Phi) is 6.32. The third-order valence-electron chi connectivity index (χ3n) is 7.29. The predicted octanol–water partition coefficient (Wildman–Crippen LogP) is 4.97. The molecule has 6 nitrogen and oxygen atoms in total. The number of hydrogen-bond acceptors (Lipinski definition) is 5. The van der Waals surface area contributed by atoms with Gasteiger partial charge in [-0.05, 0) is 53.6 Å². The molecule has 0 radical (unpaired) electrons. The van der Waals surface area contributed by atoms with Crippen molar-refractivity contribution in [2.24, 2.45) is 11.8 Å². The van der Waals surface area contributed by atoms with Crippen LogP contribution in [0.25, 0.3) is 22.6 Å². The summed E-state index contributed by atoms with van der Waals surface area (Å²) in [5.41, 5.74) is 3.21. The Bertz CT molecular complexity index is 1540. The molecule has 2 aliphatic rings. The molecule has 2 unspecified atom stereocenters. The lowest BCUT2D eigenvalue weighted by Gasteiger charge is -2.19. The van der Waals surface area contributed by atoms with Gasteiger partial charge in [0.25, 0.3) is 5.91 Å². The van der Waals surface area contributed by atoms with Crippen molar-refractivity contribution < 1.29 is 14.6 Å². The fourth-order valence-corrected chi connectivity index (χ4v) is 5.13. The van der Waals surface area contributed by atoms with Gasteiger partial charge in [0, 0.05) is 35.2 Å². The van der Waals surface area contributed by atoms with E-state index in [1.165, 1.54) is 0 Å². The molecule has 0 saturated heterocycles. The van der Waals surface area contributed by atoms with E-state index < -0.39 is 5.54 Å². The van der Waals surface area contributed by atoms with Gasteiger partial charge in [0.2, 0.25) is 0 Å². The zero-order chi connectivity index (χ0) is 26.0. The number of para-hydroxylation sites is 1. The van der Waals surface area contributed by atoms with Crippen LogP contribution in [-0.4, -0.2) is 33.1 Å². The third kappa shape index (κ3) is 4.62. The molecule has 4 aromatic rings. The van der Waals surface area contributed by atoms with Crippen molar-refractivity contribution in [2.45, 2.75) is 12.1 Å². The highest BCUT2D eigenvalue weighted by Crippen LogP contribution is 2.53. The van der Waals surface area contributed by atoms with Crippen LogP contribution in [0.15, 0.2) is 109 Å². The summed E-state index contributed by atoms with van der Waals surface area (Å²) in [7, 11) is 0. The summed E-state index contributed by atoms with van der Waals surface area (Å²) in [6.07, 6.45) is 13.2. The monoisotopic (exact) mass is 501 g/mol. The maximum absolute atomic E-state index is 13.6. The number of carbonyl (C=O) groups is 1. The number of benzene rings is 2. The number of hydrogen-bond donors (Lipinski definition) is 2. The second-order valence-corrected chi connectivity index (χ2v) is 9.62. The third-order valence-corrected chi connectivity index (χ3v) is 7.29. The van der Waals surface area contributed by atoms with E-state index in [2.05, 4.69) is 15.3 Å². The Hall–Kier alpha value is -4.55. The lowest BCUT2D eigenvalue weighted by Crippen LogP contribution is -2.43. The number of allylic oxidation sites excluding steroid dienone is 2. The van der Waals surface area contributed by atoms with E-state index in [1.807, 2.05) is 103 Å². The van der Waals surface area contributed by atoms with Crippen molar-refractivity contribution in [2.75, 3.05) is 6.61 Å². The van der Waals surface area contributed by atoms with Crippen LogP contribution in [0.3, 0.4) is 0 Å². The molecule has 2 aromatic heterocycles. The first-order valence-corrected chi connectivity index (χ1v) is 12.6. The van der Waals surface area contributed by atoms with Gasteiger partial charge in [-0.1, -0.05) is 60.7 Å². The molecule has 2 atom stereocenters. The van der Waals surface area contributed by atoms with E-state index >= 15 is 0 Å². The smallest absolute Gasteiger partial charge is 0.252 e. The van der Waals surface area contributed by atoms with E-state index in [4.69, 9.17) is 4.74 Å². The zero-order valence-corrected chi connectivity index (χ0v) is 20.7. The largest absolute Gasteiger partial charge is 0.487 e. The molecular weight excluding hydrogens is 474 g/mol. The van der Waals surface area contributed by atoms with Crippen molar-refractivity contribution in [3.63, 3.8) is 0 Å². The minimum Gasteiger partial charge on any atom is -0.487 e. The highest BCUT2D eigenvalue weighted by atomic mass is 16.5. The van der Waals surface area contributed by atoms with E-state index in [9.17, 15) is 9.90 Å². The molecule has 0 bridgehead atoms. The van der Waals surface area contributed by atoms with E-state index in [0.717, 1.165) is 27.7 Å². The van der Waals surface area contributed by atoms with Gasteiger partial charge in [-0.3, -0.25) is 9.78 Å². The fourth-order valence-electron chi connectivity index (χ4n) is 5.13.